The van der Waals surface area contributed by atoms with Crippen molar-refractivity contribution in [2.45, 2.75) is 32.2 Å². The van der Waals surface area contributed by atoms with Gasteiger partial charge in [-0.05, 0) is 30.4 Å². The molecule has 114 valence electrons. The summed E-state index contributed by atoms with van der Waals surface area (Å²) in [5.41, 5.74) is 6.74. The minimum atomic E-state index is -0.178. The molecule has 0 saturated heterocycles. The largest absolute Gasteiger partial charge is 0.350 e. The summed E-state index contributed by atoms with van der Waals surface area (Å²) in [4.78, 5) is 23.5. The van der Waals surface area contributed by atoms with E-state index in [4.69, 9.17) is 5.73 Å². The molecule has 1 fully saturated rings. The van der Waals surface area contributed by atoms with Gasteiger partial charge in [-0.15, -0.1) is 0 Å². The summed E-state index contributed by atoms with van der Waals surface area (Å²) in [5, 5.41) is 5.45. The van der Waals surface area contributed by atoms with Crippen molar-refractivity contribution in [1.29, 1.82) is 0 Å². The summed E-state index contributed by atoms with van der Waals surface area (Å²) >= 11 is 0. The highest BCUT2D eigenvalue weighted by atomic mass is 16.2. The Morgan fingerprint density at radius 3 is 2.38 bits per heavy atom. The first-order chi connectivity index (χ1) is 10.1. The van der Waals surface area contributed by atoms with E-state index >= 15 is 0 Å². The zero-order valence-electron chi connectivity index (χ0n) is 12.2. The summed E-state index contributed by atoms with van der Waals surface area (Å²) in [7, 11) is 0. The lowest BCUT2D eigenvalue weighted by Crippen LogP contribution is -2.44. The molecule has 5 heteroatoms. The number of hydrogen-bond acceptors (Lipinski definition) is 3. The topological polar surface area (TPSA) is 84.2 Å². The third-order valence-electron chi connectivity index (χ3n) is 4.16. The average molecular weight is 289 g/mol. The molecule has 4 N–H and O–H groups in total. The Bertz CT molecular complexity index is 478. The first-order valence-corrected chi connectivity index (χ1v) is 7.41. The Kier molecular flexibility index (Phi) is 5.33. The van der Waals surface area contributed by atoms with Crippen molar-refractivity contribution in [2.75, 3.05) is 13.1 Å². The van der Waals surface area contributed by atoms with Crippen molar-refractivity contribution in [3.63, 3.8) is 0 Å². The number of hydrogen-bond donors (Lipinski definition) is 3. The van der Waals surface area contributed by atoms with Crippen LogP contribution < -0.4 is 16.4 Å². The van der Waals surface area contributed by atoms with Crippen LogP contribution in [0.4, 0.5) is 0 Å². The highest BCUT2D eigenvalue weighted by Gasteiger charge is 2.37. The standard InChI is InChI=1S/C16H23N3O2/c17-12-16(7-4-8-16)9-14(20)19-11-15(21)18-10-13-5-2-1-3-6-13/h1-3,5-6H,4,7-12,17H2,(H,18,21)(H,19,20). The molecule has 1 aromatic carbocycles. The van der Waals surface area contributed by atoms with E-state index < -0.39 is 0 Å². The van der Waals surface area contributed by atoms with Crippen LogP contribution >= 0.6 is 0 Å². The van der Waals surface area contributed by atoms with Crippen molar-refractivity contribution in [2.24, 2.45) is 11.1 Å². The van der Waals surface area contributed by atoms with Gasteiger partial charge in [0.15, 0.2) is 0 Å². The number of nitrogens with two attached hydrogens (primary N) is 1. The van der Waals surface area contributed by atoms with E-state index in [0.717, 1.165) is 24.8 Å². The Hall–Kier alpha value is -1.88. The lowest BCUT2D eigenvalue weighted by atomic mass is 9.66. The van der Waals surface area contributed by atoms with Gasteiger partial charge in [0.25, 0.3) is 0 Å². The highest BCUT2D eigenvalue weighted by Crippen LogP contribution is 2.42. The van der Waals surface area contributed by atoms with Gasteiger partial charge >= 0.3 is 0 Å². The number of amides is 2. The molecule has 5 nitrogen and oxygen atoms in total. The van der Waals surface area contributed by atoms with Crippen LogP contribution in [0.1, 0.15) is 31.2 Å². The SMILES string of the molecule is NCC1(CC(=O)NCC(=O)NCc2ccccc2)CCC1. The van der Waals surface area contributed by atoms with Gasteiger partial charge in [0.05, 0.1) is 6.54 Å². The molecule has 21 heavy (non-hydrogen) atoms. The monoisotopic (exact) mass is 289 g/mol. The van der Waals surface area contributed by atoms with Crippen molar-refractivity contribution >= 4 is 11.8 Å². The summed E-state index contributed by atoms with van der Waals surface area (Å²) in [6, 6.07) is 9.67. The van der Waals surface area contributed by atoms with E-state index in [1.54, 1.807) is 0 Å². The maximum absolute atomic E-state index is 11.8. The van der Waals surface area contributed by atoms with Gasteiger partial charge < -0.3 is 16.4 Å². The van der Waals surface area contributed by atoms with Gasteiger partial charge in [0, 0.05) is 13.0 Å². The zero-order chi connectivity index (χ0) is 15.1. The number of nitrogens with one attached hydrogen (secondary N) is 2. The number of benzene rings is 1. The molecule has 2 rings (SSSR count). The molecule has 0 unspecified atom stereocenters. The second-order valence-electron chi connectivity index (χ2n) is 5.77. The lowest BCUT2D eigenvalue weighted by molar-refractivity contribution is -0.128. The van der Waals surface area contributed by atoms with Gasteiger partial charge in [-0.1, -0.05) is 36.8 Å². The summed E-state index contributed by atoms with van der Waals surface area (Å²) in [5.74, 6) is -0.266. The molecule has 1 saturated carbocycles. The molecular formula is C16H23N3O2. The van der Waals surface area contributed by atoms with Crippen molar-refractivity contribution < 1.29 is 9.59 Å². The van der Waals surface area contributed by atoms with Crippen LogP contribution in [-0.2, 0) is 16.1 Å². The van der Waals surface area contributed by atoms with Gasteiger partial charge in [-0.25, -0.2) is 0 Å². The first-order valence-electron chi connectivity index (χ1n) is 7.41. The molecule has 2 amide bonds. The highest BCUT2D eigenvalue weighted by molar-refractivity contribution is 5.84. The van der Waals surface area contributed by atoms with E-state index in [9.17, 15) is 9.59 Å². The average Bonchev–Trinajstić information content (AvgIpc) is 2.48. The van der Waals surface area contributed by atoms with Crippen LogP contribution in [0.5, 0.6) is 0 Å². The normalized spacial score (nSPS) is 15.9. The molecule has 0 heterocycles. The van der Waals surface area contributed by atoms with Gasteiger partial charge in [-0.2, -0.15) is 0 Å². The van der Waals surface area contributed by atoms with Crippen LogP contribution in [0.15, 0.2) is 30.3 Å². The first kappa shape index (κ1) is 15.5. The third kappa shape index (κ3) is 4.56. The summed E-state index contributed by atoms with van der Waals surface area (Å²) in [6.07, 6.45) is 3.59. The molecule has 0 radical (unpaired) electrons. The Labute approximate surface area is 125 Å². The van der Waals surface area contributed by atoms with Crippen molar-refractivity contribution in [3.05, 3.63) is 35.9 Å². The van der Waals surface area contributed by atoms with Crippen molar-refractivity contribution in [3.8, 4) is 0 Å². The zero-order valence-corrected chi connectivity index (χ0v) is 12.2. The second-order valence-corrected chi connectivity index (χ2v) is 5.77. The predicted molar refractivity (Wildman–Crippen MR) is 81.3 cm³/mol. The molecule has 1 aromatic rings. The van der Waals surface area contributed by atoms with Crippen LogP contribution in [-0.4, -0.2) is 24.9 Å². The van der Waals surface area contributed by atoms with Crippen LogP contribution in [0.25, 0.3) is 0 Å². The lowest BCUT2D eigenvalue weighted by Gasteiger charge is -2.40. The molecule has 0 bridgehead atoms. The third-order valence-corrected chi connectivity index (χ3v) is 4.16. The fraction of sp³-hybridized carbons (Fsp3) is 0.500. The molecule has 0 aromatic heterocycles. The molecular weight excluding hydrogens is 266 g/mol. The van der Waals surface area contributed by atoms with Gasteiger partial charge in [0.2, 0.25) is 11.8 Å². The summed E-state index contributed by atoms with van der Waals surface area (Å²) < 4.78 is 0. The molecule has 0 atom stereocenters. The number of carbonyl (C=O) groups excluding carboxylic acids is 2. The molecule has 0 spiro atoms. The van der Waals surface area contributed by atoms with Crippen LogP contribution in [0, 0.1) is 5.41 Å². The Morgan fingerprint density at radius 2 is 1.81 bits per heavy atom. The smallest absolute Gasteiger partial charge is 0.239 e. The molecule has 1 aliphatic rings. The Morgan fingerprint density at radius 1 is 1.10 bits per heavy atom. The fourth-order valence-corrected chi connectivity index (χ4v) is 2.57. The maximum atomic E-state index is 11.8. The minimum absolute atomic E-state index is 0.0202. The van der Waals surface area contributed by atoms with E-state index in [2.05, 4.69) is 10.6 Å². The number of carbonyl (C=O) groups is 2. The summed E-state index contributed by atoms with van der Waals surface area (Å²) in [6.45, 7) is 1.04. The fourth-order valence-electron chi connectivity index (χ4n) is 2.57. The van der Waals surface area contributed by atoms with E-state index in [0.29, 0.717) is 19.5 Å². The van der Waals surface area contributed by atoms with E-state index in [1.807, 2.05) is 30.3 Å². The molecule has 1 aliphatic carbocycles. The van der Waals surface area contributed by atoms with Crippen LogP contribution in [0.2, 0.25) is 0 Å². The maximum Gasteiger partial charge on any atom is 0.239 e. The van der Waals surface area contributed by atoms with Gasteiger partial charge in [-0.3, -0.25) is 9.59 Å². The quantitative estimate of drug-likeness (QED) is 0.698. The van der Waals surface area contributed by atoms with E-state index in [1.165, 1.54) is 0 Å². The number of rotatable bonds is 7. The van der Waals surface area contributed by atoms with Crippen molar-refractivity contribution in [1.82, 2.24) is 10.6 Å². The minimum Gasteiger partial charge on any atom is -0.350 e. The Balaban J connectivity index is 1.65. The molecule has 0 aliphatic heterocycles. The van der Waals surface area contributed by atoms with Crippen LogP contribution in [0.3, 0.4) is 0 Å². The van der Waals surface area contributed by atoms with E-state index in [-0.39, 0.29) is 23.8 Å². The predicted octanol–water partition coefficient (Wildman–Crippen LogP) is 0.938. The van der Waals surface area contributed by atoms with Gasteiger partial charge in [0.1, 0.15) is 0 Å². The second kappa shape index (κ2) is 7.22.